The highest BCUT2D eigenvalue weighted by atomic mass is 16.4. The van der Waals surface area contributed by atoms with Crippen molar-refractivity contribution in [3.05, 3.63) is 24.3 Å². The molecule has 0 fully saturated rings. The molecule has 0 aromatic carbocycles. The maximum atomic E-state index is 9.55. The molecule has 8 heteroatoms. The van der Waals surface area contributed by atoms with Crippen LogP contribution >= 0.6 is 0 Å². The first kappa shape index (κ1) is 24.5. The molecule has 0 aliphatic heterocycles. The first-order valence-corrected chi connectivity index (χ1v) is 3.53. The molecule has 4 N–H and O–H groups in total. The Labute approximate surface area is 103 Å². The van der Waals surface area contributed by atoms with Gasteiger partial charge in [0.05, 0.1) is 0 Å². The van der Waals surface area contributed by atoms with Gasteiger partial charge in [0.15, 0.2) is 0 Å². The van der Waals surface area contributed by atoms with E-state index in [-0.39, 0.29) is 14.9 Å². The molecule has 0 unspecified atom stereocenters. The zero-order valence-electron chi connectivity index (χ0n) is 7.73. The van der Waals surface area contributed by atoms with Gasteiger partial charge >= 0.3 is 23.9 Å². The van der Waals surface area contributed by atoms with Crippen LogP contribution in [0.3, 0.4) is 0 Å². The van der Waals surface area contributed by atoms with Crippen molar-refractivity contribution in [1.82, 2.24) is 0 Å². The molecule has 104 valence electrons. The summed E-state index contributed by atoms with van der Waals surface area (Å²) in [5.74, 6) is -5.03. The first-order valence-electron chi connectivity index (χ1n) is 3.53. The third-order valence-corrected chi connectivity index (χ3v) is 0.737. The van der Waals surface area contributed by atoms with Crippen LogP contribution in [-0.2, 0) is 19.2 Å². The van der Waals surface area contributed by atoms with E-state index >= 15 is 0 Å². The number of aliphatic carboxylic acids is 4. The van der Waals surface area contributed by atoms with Gasteiger partial charge in [0.2, 0.25) is 0 Å². The molecule has 0 rings (SSSR count). The van der Waals surface area contributed by atoms with Gasteiger partial charge in [-0.3, -0.25) is 0 Å². The second-order valence-electron chi connectivity index (χ2n) is 2.02. The van der Waals surface area contributed by atoms with Crippen molar-refractivity contribution < 1.29 is 39.6 Å². The van der Waals surface area contributed by atoms with Crippen LogP contribution in [0.5, 0.6) is 0 Å². The van der Waals surface area contributed by atoms with Crippen LogP contribution in [-0.4, -0.2) is 44.3 Å². The van der Waals surface area contributed by atoms with E-state index in [9.17, 15) is 19.2 Å². The molecule has 0 spiro atoms. The van der Waals surface area contributed by atoms with Crippen molar-refractivity contribution >= 4 is 23.9 Å². The second kappa shape index (κ2) is 14.4. The third-order valence-electron chi connectivity index (χ3n) is 0.737. The quantitative estimate of drug-likeness (QED) is 0.542. The SMILES string of the molecule is C.C.O=C(O)/C=C/C(=O)O.O=C(O)/C=C/C(=O)O. The summed E-state index contributed by atoms with van der Waals surface area (Å²) in [5.41, 5.74) is 0. The number of rotatable bonds is 4. The molecule has 8 nitrogen and oxygen atoms in total. The molecule has 0 aliphatic carbocycles. The van der Waals surface area contributed by atoms with Gasteiger partial charge in [-0.25, -0.2) is 19.2 Å². The van der Waals surface area contributed by atoms with Crippen molar-refractivity contribution in [2.24, 2.45) is 0 Å². The van der Waals surface area contributed by atoms with Gasteiger partial charge in [-0.2, -0.15) is 0 Å². The summed E-state index contributed by atoms with van der Waals surface area (Å²) in [6, 6.07) is 0. The van der Waals surface area contributed by atoms with E-state index in [0.717, 1.165) is 0 Å². The van der Waals surface area contributed by atoms with Crippen molar-refractivity contribution in [3.8, 4) is 0 Å². The van der Waals surface area contributed by atoms with E-state index in [1.807, 2.05) is 0 Å². The highest BCUT2D eigenvalue weighted by Gasteiger charge is 1.88. The van der Waals surface area contributed by atoms with E-state index in [4.69, 9.17) is 20.4 Å². The highest BCUT2D eigenvalue weighted by molar-refractivity contribution is 5.90. The summed E-state index contributed by atoms with van der Waals surface area (Å²) in [6.07, 6.45) is 2.23. The van der Waals surface area contributed by atoms with Crippen LogP contribution in [0, 0.1) is 0 Å². The predicted molar refractivity (Wildman–Crippen MR) is 62.3 cm³/mol. The molecule has 0 amide bonds. The smallest absolute Gasteiger partial charge is 0.328 e. The molecule has 0 aromatic heterocycles. The molecular weight excluding hydrogens is 248 g/mol. The van der Waals surface area contributed by atoms with Crippen molar-refractivity contribution in [2.75, 3.05) is 0 Å². The van der Waals surface area contributed by atoms with Gasteiger partial charge in [0.25, 0.3) is 0 Å². The standard InChI is InChI=1S/2C4H4O4.2CH4/c2*5-3(6)1-2-4(7)8;;/h2*1-2H,(H,5,6)(H,7,8);2*1H4/b2*2-1+;;. The minimum Gasteiger partial charge on any atom is -0.478 e. The van der Waals surface area contributed by atoms with Crippen LogP contribution in [0.4, 0.5) is 0 Å². The van der Waals surface area contributed by atoms with Gasteiger partial charge in [-0.15, -0.1) is 0 Å². The fourth-order valence-corrected chi connectivity index (χ4v) is 0.285. The zero-order valence-corrected chi connectivity index (χ0v) is 7.73. The number of carboxylic acids is 4. The van der Waals surface area contributed by atoms with Gasteiger partial charge in [0, 0.05) is 24.3 Å². The average Bonchev–Trinajstić information content (AvgIpc) is 2.12. The van der Waals surface area contributed by atoms with E-state index in [0.29, 0.717) is 24.3 Å². The lowest BCUT2D eigenvalue weighted by Gasteiger charge is -1.74. The minimum absolute atomic E-state index is 0. The topological polar surface area (TPSA) is 149 Å². The third kappa shape index (κ3) is 37.7. The molecule has 0 aliphatic rings. The number of hydrogen-bond acceptors (Lipinski definition) is 4. The van der Waals surface area contributed by atoms with Crippen molar-refractivity contribution in [1.29, 1.82) is 0 Å². The fraction of sp³-hybridized carbons (Fsp3) is 0.200. The normalized spacial score (nSPS) is 8.44. The van der Waals surface area contributed by atoms with Crippen LogP contribution in [0.2, 0.25) is 0 Å². The summed E-state index contributed by atoms with van der Waals surface area (Å²) in [7, 11) is 0. The molecule has 0 atom stereocenters. The molecule has 0 aromatic rings. The average molecular weight is 264 g/mol. The van der Waals surface area contributed by atoms with E-state index in [1.165, 1.54) is 0 Å². The van der Waals surface area contributed by atoms with Crippen LogP contribution in [0.1, 0.15) is 14.9 Å². The maximum absolute atomic E-state index is 9.55. The Kier molecular flexibility index (Phi) is 19.6. The number of hydrogen-bond donors (Lipinski definition) is 4. The Morgan fingerprint density at radius 3 is 0.667 bits per heavy atom. The Bertz CT molecular complexity index is 274. The van der Waals surface area contributed by atoms with Gasteiger partial charge in [0.1, 0.15) is 0 Å². The van der Waals surface area contributed by atoms with E-state index in [1.54, 1.807) is 0 Å². The highest BCUT2D eigenvalue weighted by Crippen LogP contribution is 1.71. The monoisotopic (exact) mass is 264 g/mol. The summed E-state index contributed by atoms with van der Waals surface area (Å²) in [5, 5.41) is 31.2. The molecule has 18 heavy (non-hydrogen) atoms. The fourth-order valence-electron chi connectivity index (χ4n) is 0.285. The zero-order chi connectivity index (χ0) is 13.1. The molecule has 0 heterocycles. The van der Waals surface area contributed by atoms with Gasteiger partial charge in [-0.1, -0.05) is 14.9 Å². The lowest BCUT2D eigenvalue weighted by atomic mass is 10.5. The van der Waals surface area contributed by atoms with Crippen LogP contribution < -0.4 is 0 Å². The lowest BCUT2D eigenvalue weighted by Crippen LogP contribution is -1.91. The van der Waals surface area contributed by atoms with Crippen LogP contribution in [0.25, 0.3) is 0 Å². The Balaban J connectivity index is -0.0000000980. The van der Waals surface area contributed by atoms with E-state index < -0.39 is 23.9 Å². The first-order chi connectivity index (χ1) is 7.25. The minimum atomic E-state index is -1.26. The molecule has 0 bridgehead atoms. The largest absolute Gasteiger partial charge is 0.478 e. The van der Waals surface area contributed by atoms with Crippen molar-refractivity contribution in [2.45, 2.75) is 14.9 Å². The Hall–Kier alpha value is -2.64. The van der Waals surface area contributed by atoms with E-state index in [2.05, 4.69) is 0 Å². The second-order valence-corrected chi connectivity index (χ2v) is 2.02. The maximum Gasteiger partial charge on any atom is 0.328 e. The molecular formula is C10H16O8. The Morgan fingerprint density at radius 1 is 0.500 bits per heavy atom. The molecule has 0 radical (unpaired) electrons. The summed E-state index contributed by atoms with van der Waals surface area (Å²) in [6.45, 7) is 0. The summed E-state index contributed by atoms with van der Waals surface area (Å²) < 4.78 is 0. The number of carbonyl (C=O) groups is 4. The molecule has 0 saturated heterocycles. The lowest BCUT2D eigenvalue weighted by molar-refractivity contribution is -0.134. The van der Waals surface area contributed by atoms with Crippen molar-refractivity contribution in [3.63, 3.8) is 0 Å². The summed E-state index contributed by atoms with van der Waals surface area (Å²) in [4.78, 5) is 38.2. The number of carboxylic acid groups (broad SMARTS) is 4. The summed E-state index contributed by atoms with van der Waals surface area (Å²) >= 11 is 0. The molecule has 0 saturated carbocycles. The Morgan fingerprint density at radius 2 is 0.611 bits per heavy atom. The van der Waals surface area contributed by atoms with Gasteiger partial charge < -0.3 is 20.4 Å². The predicted octanol–water partition coefficient (Wildman–Crippen LogP) is 0.696. The van der Waals surface area contributed by atoms with Crippen LogP contribution in [0.15, 0.2) is 24.3 Å². The van der Waals surface area contributed by atoms with Gasteiger partial charge in [-0.05, 0) is 0 Å².